The van der Waals surface area contributed by atoms with Crippen LogP contribution in [0, 0.1) is 0 Å². The third-order valence-corrected chi connectivity index (χ3v) is 4.41. The molecule has 5 nitrogen and oxygen atoms in total. The summed E-state index contributed by atoms with van der Waals surface area (Å²) in [5, 5.41) is 23.5. The molecule has 4 rings (SSSR count). The lowest BCUT2D eigenvalue weighted by atomic mass is 9.90. The second-order valence-corrected chi connectivity index (χ2v) is 5.85. The third kappa shape index (κ3) is 2.26. The van der Waals surface area contributed by atoms with E-state index in [4.69, 9.17) is 0 Å². The van der Waals surface area contributed by atoms with Gasteiger partial charge in [0.1, 0.15) is 11.8 Å². The molecule has 0 saturated heterocycles. The van der Waals surface area contributed by atoms with Crippen molar-refractivity contribution in [2.24, 2.45) is 0 Å². The number of aliphatic carboxylic acids is 1. The van der Waals surface area contributed by atoms with Gasteiger partial charge in [0.05, 0.1) is 6.04 Å². The van der Waals surface area contributed by atoms with E-state index in [-0.39, 0.29) is 11.8 Å². The van der Waals surface area contributed by atoms with Crippen LogP contribution in [-0.2, 0) is 11.2 Å². The van der Waals surface area contributed by atoms with Crippen molar-refractivity contribution in [3.63, 3.8) is 0 Å². The van der Waals surface area contributed by atoms with Gasteiger partial charge >= 0.3 is 5.97 Å². The SMILES string of the molecule is O=C(O)[C@@H]1Cc2c([nH]c3ccccc23)[C@@H](c2cccc(O)c2)N1. The zero-order valence-electron chi connectivity index (χ0n) is 12.3. The smallest absolute Gasteiger partial charge is 0.321 e. The largest absolute Gasteiger partial charge is 0.508 e. The van der Waals surface area contributed by atoms with Crippen LogP contribution in [0.4, 0.5) is 0 Å². The molecular weight excluding hydrogens is 292 g/mol. The normalized spacial score (nSPS) is 20.3. The van der Waals surface area contributed by atoms with E-state index < -0.39 is 12.0 Å². The summed E-state index contributed by atoms with van der Waals surface area (Å²) in [4.78, 5) is 15.0. The fraction of sp³-hybridized carbons (Fsp3) is 0.167. The van der Waals surface area contributed by atoms with Crippen LogP contribution >= 0.6 is 0 Å². The number of carbonyl (C=O) groups is 1. The fourth-order valence-electron chi connectivity index (χ4n) is 3.36. The average Bonchev–Trinajstić information content (AvgIpc) is 2.92. The lowest BCUT2D eigenvalue weighted by molar-refractivity contribution is -0.139. The second kappa shape index (κ2) is 5.14. The number of carboxylic acids is 1. The number of benzene rings is 2. The maximum atomic E-state index is 11.5. The molecule has 0 amide bonds. The maximum absolute atomic E-state index is 11.5. The highest BCUT2D eigenvalue weighted by Crippen LogP contribution is 2.35. The van der Waals surface area contributed by atoms with E-state index in [0.29, 0.717) is 6.42 Å². The number of aromatic hydroxyl groups is 1. The van der Waals surface area contributed by atoms with Gasteiger partial charge in [-0.2, -0.15) is 0 Å². The number of hydrogen-bond acceptors (Lipinski definition) is 3. The van der Waals surface area contributed by atoms with Gasteiger partial charge in [0.15, 0.2) is 0 Å². The molecule has 0 spiro atoms. The monoisotopic (exact) mass is 308 g/mol. The first-order chi connectivity index (χ1) is 11.1. The van der Waals surface area contributed by atoms with E-state index in [1.165, 1.54) is 0 Å². The predicted octanol–water partition coefficient (Wildman–Crippen LogP) is 2.56. The van der Waals surface area contributed by atoms with Gasteiger partial charge in [-0.25, -0.2) is 0 Å². The highest BCUT2D eigenvalue weighted by Gasteiger charge is 2.33. The number of phenolic OH excluding ortho intramolecular Hbond substituents is 1. The Morgan fingerprint density at radius 3 is 2.74 bits per heavy atom. The number of aromatic nitrogens is 1. The van der Waals surface area contributed by atoms with Crippen LogP contribution in [0.15, 0.2) is 48.5 Å². The first kappa shape index (κ1) is 13.8. The molecular formula is C18H16N2O3. The summed E-state index contributed by atoms with van der Waals surface area (Å²) in [6, 6.07) is 13.9. The predicted molar refractivity (Wildman–Crippen MR) is 86.5 cm³/mol. The number of fused-ring (bicyclic) bond motifs is 3. The van der Waals surface area contributed by atoms with Crippen LogP contribution in [0.3, 0.4) is 0 Å². The van der Waals surface area contributed by atoms with Crippen molar-refractivity contribution in [1.29, 1.82) is 0 Å². The van der Waals surface area contributed by atoms with Crippen molar-refractivity contribution in [2.45, 2.75) is 18.5 Å². The number of hydrogen-bond donors (Lipinski definition) is 4. The number of aromatic amines is 1. The molecule has 1 aliphatic heterocycles. The zero-order chi connectivity index (χ0) is 16.0. The molecule has 116 valence electrons. The molecule has 4 N–H and O–H groups in total. The maximum Gasteiger partial charge on any atom is 0.321 e. The van der Waals surface area contributed by atoms with Crippen LogP contribution in [0.25, 0.3) is 10.9 Å². The van der Waals surface area contributed by atoms with Gasteiger partial charge in [-0.1, -0.05) is 30.3 Å². The zero-order valence-corrected chi connectivity index (χ0v) is 12.3. The first-order valence-corrected chi connectivity index (χ1v) is 7.51. The van der Waals surface area contributed by atoms with Gasteiger partial charge in [-0.3, -0.25) is 10.1 Å². The Kier molecular flexibility index (Phi) is 3.09. The van der Waals surface area contributed by atoms with E-state index in [9.17, 15) is 15.0 Å². The van der Waals surface area contributed by atoms with Crippen LogP contribution in [-0.4, -0.2) is 27.2 Å². The van der Waals surface area contributed by atoms with E-state index in [1.54, 1.807) is 18.2 Å². The van der Waals surface area contributed by atoms with E-state index in [0.717, 1.165) is 27.7 Å². The molecule has 5 heteroatoms. The summed E-state index contributed by atoms with van der Waals surface area (Å²) < 4.78 is 0. The Labute approximate surface area is 132 Å². The molecule has 0 radical (unpaired) electrons. The molecule has 0 fully saturated rings. The summed E-state index contributed by atoms with van der Waals surface area (Å²) in [6.45, 7) is 0. The molecule has 0 bridgehead atoms. The van der Waals surface area contributed by atoms with Gasteiger partial charge in [-0.15, -0.1) is 0 Å². The van der Waals surface area contributed by atoms with E-state index in [2.05, 4.69) is 10.3 Å². The van der Waals surface area contributed by atoms with E-state index in [1.807, 2.05) is 30.3 Å². The molecule has 0 unspecified atom stereocenters. The van der Waals surface area contributed by atoms with Crippen molar-refractivity contribution < 1.29 is 15.0 Å². The number of para-hydroxylation sites is 1. The fourth-order valence-corrected chi connectivity index (χ4v) is 3.36. The summed E-state index contributed by atoms with van der Waals surface area (Å²) in [5.41, 5.74) is 3.83. The Morgan fingerprint density at radius 2 is 1.96 bits per heavy atom. The minimum absolute atomic E-state index is 0.166. The number of rotatable bonds is 2. The van der Waals surface area contributed by atoms with Crippen molar-refractivity contribution in [3.05, 3.63) is 65.4 Å². The second-order valence-electron chi connectivity index (χ2n) is 5.85. The van der Waals surface area contributed by atoms with Crippen molar-refractivity contribution >= 4 is 16.9 Å². The molecule has 1 aromatic heterocycles. The first-order valence-electron chi connectivity index (χ1n) is 7.51. The minimum atomic E-state index is -0.869. The topological polar surface area (TPSA) is 85.3 Å². The number of H-pyrrole nitrogens is 1. The summed E-state index contributed by atoms with van der Waals surface area (Å²) in [5.74, 6) is -0.703. The lowest BCUT2D eigenvalue weighted by Gasteiger charge is -2.29. The summed E-state index contributed by atoms with van der Waals surface area (Å²) in [7, 11) is 0. The van der Waals surface area contributed by atoms with Crippen molar-refractivity contribution in [1.82, 2.24) is 10.3 Å². The van der Waals surface area contributed by atoms with Crippen LogP contribution in [0.1, 0.15) is 22.9 Å². The standard InChI is InChI=1S/C18H16N2O3/c21-11-5-3-4-10(8-11)16-17-13(9-15(20-16)18(22)23)12-6-1-2-7-14(12)19-17/h1-8,15-16,19-21H,9H2,(H,22,23)/t15-,16+/m0/s1. The molecule has 1 aliphatic rings. The van der Waals surface area contributed by atoms with Gasteiger partial charge in [0, 0.05) is 23.0 Å². The molecule has 0 saturated carbocycles. The van der Waals surface area contributed by atoms with Crippen LogP contribution in [0.5, 0.6) is 5.75 Å². The molecule has 0 aliphatic carbocycles. The Morgan fingerprint density at radius 1 is 1.13 bits per heavy atom. The van der Waals surface area contributed by atoms with Gasteiger partial charge in [0.2, 0.25) is 0 Å². The molecule has 2 aromatic carbocycles. The van der Waals surface area contributed by atoms with Crippen LogP contribution < -0.4 is 5.32 Å². The highest BCUT2D eigenvalue weighted by atomic mass is 16.4. The molecule has 2 heterocycles. The van der Waals surface area contributed by atoms with E-state index >= 15 is 0 Å². The summed E-state index contributed by atoms with van der Waals surface area (Å²) >= 11 is 0. The lowest BCUT2D eigenvalue weighted by Crippen LogP contribution is -2.44. The van der Waals surface area contributed by atoms with Gasteiger partial charge in [0.25, 0.3) is 0 Å². The Balaban J connectivity index is 1.91. The highest BCUT2D eigenvalue weighted by molar-refractivity contribution is 5.87. The molecule has 2 atom stereocenters. The van der Waals surface area contributed by atoms with Gasteiger partial charge in [-0.05, 0) is 29.3 Å². The number of carboxylic acid groups (broad SMARTS) is 1. The van der Waals surface area contributed by atoms with Crippen molar-refractivity contribution in [3.8, 4) is 5.75 Å². The number of phenols is 1. The summed E-state index contributed by atoms with van der Waals surface area (Å²) in [6.07, 6.45) is 0.435. The Hall–Kier alpha value is -2.79. The van der Waals surface area contributed by atoms with Gasteiger partial charge < -0.3 is 15.2 Å². The minimum Gasteiger partial charge on any atom is -0.508 e. The third-order valence-electron chi connectivity index (χ3n) is 4.41. The number of nitrogens with one attached hydrogen (secondary N) is 2. The Bertz CT molecular complexity index is 900. The quantitative estimate of drug-likeness (QED) is 0.586. The molecule has 23 heavy (non-hydrogen) atoms. The molecule has 3 aromatic rings. The average molecular weight is 308 g/mol. The van der Waals surface area contributed by atoms with Crippen molar-refractivity contribution in [2.75, 3.05) is 0 Å². The van der Waals surface area contributed by atoms with Crippen LogP contribution in [0.2, 0.25) is 0 Å².